The minimum Gasteiger partial charge on any atom is -0.304 e. The molecule has 0 unspecified atom stereocenters. The Labute approximate surface area is 158 Å². The Hall–Kier alpha value is -2.12. The molecule has 1 aliphatic heterocycles. The molecule has 1 fully saturated rings. The predicted octanol–water partition coefficient (Wildman–Crippen LogP) is 2.59. The van der Waals surface area contributed by atoms with Gasteiger partial charge in [-0.15, -0.1) is 0 Å². The van der Waals surface area contributed by atoms with Gasteiger partial charge < -0.3 is 4.90 Å². The van der Waals surface area contributed by atoms with E-state index in [0.29, 0.717) is 24.3 Å². The molecule has 3 rings (SSSR count). The fourth-order valence-corrected chi connectivity index (χ4v) is 3.26. The summed E-state index contributed by atoms with van der Waals surface area (Å²) in [4.78, 5) is 17.3. The smallest absolute Gasteiger partial charge is 0.271 e. The van der Waals surface area contributed by atoms with Crippen molar-refractivity contribution in [3.05, 3.63) is 51.8 Å². The standard InChI is InChI=1S/C20H26F2N4O/c1-14(2)12-26-20(27)15(13-25-8-6-24(3)7-9-25)10-19(23-26)17-5-4-16(21)11-18(17)22/h4-5,10-11,14H,6-9,12-13H2,1-3H3. The first-order valence-corrected chi connectivity index (χ1v) is 9.31. The number of nitrogens with zero attached hydrogens (tertiary/aromatic N) is 4. The molecular formula is C20H26F2N4O. The summed E-state index contributed by atoms with van der Waals surface area (Å²) in [6, 6.07) is 5.07. The van der Waals surface area contributed by atoms with Crippen LogP contribution in [0.3, 0.4) is 0 Å². The highest BCUT2D eigenvalue weighted by Gasteiger charge is 2.19. The third-order valence-corrected chi connectivity index (χ3v) is 4.78. The molecule has 0 spiro atoms. The number of halogens is 2. The van der Waals surface area contributed by atoms with Gasteiger partial charge in [0.05, 0.1) is 5.69 Å². The van der Waals surface area contributed by atoms with Crippen LogP contribution in [-0.2, 0) is 13.1 Å². The first-order valence-electron chi connectivity index (χ1n) is 9.31. The Morgan fingerprint density at radius 3 is 2.44 bits per heavy atom. The maximum absolute atomic E-state index is 14.3. The molecular weight excluding hydrogens is 350 g/mol. The van der Waals surface area contributed by atoms with Crippen molar-refractivity contribution >= 4 is 0 Å². The van der Waals surface area contributed by atoms with E-state index in [2.05, 4.69) is 21.9 Å². The Bertz CT molecular complexity index is 858. The largest absolute Gasteiger partial charge is 0.304 e. The molecule has 1 aromatic carbocycles. The average molecular weight is 376 g/mol. The van der Waals surface area contributed by atoms with E-state index >= 15 is 0 Å². The van der Waals surface area contributed by atoms with Crippen LogP contribution in [0.15, 0.2) is 29.1 Å². The van der Waals surface area contributed by atoms with E-state index < -0.39 is 11.6 Å². The zero-order chi connectivity index (χ0) is 19.6. The van der Waals surface area contributed by atoms with E-state index in [4.69, 9.17) is 0 Å². The molecule has 27 heavy (non-hydrogen) atoms. The van der Waals surface area contributed by atoms with Crippen LogP contribution in [0.4, 0.5) is 8.78 Å². The minimum absolute atomic E-state index is 0.145. The molecule has 1 saturated heterocycles. The normalized spacial score (nSPS) is 16.2. The number of benzene rings is 1. The second-order valence-corrected chi connectivity index (χ2v) is 7.64. The van der Waals surface area contributed by atoms with Gasteiger partial charge in [-0.2, -0.15) is 5.10 Å². The van der Waals surface area contributed by atoms with Crippen molar-refractivity contribution in [2.45, 2.75) is 26.9 Å². The molecule has 0 amide bonds. The molecule has 0 atom stereocenters. The molecule has 146 valence electrons. The van der Waals surface area contributed by atoms with E-state index in [9.17, 15) is 13.6 Å². The third kappa shape index (κ3) is 4.78. The lowest BCUT2D eigenvalue weighted by atomic mass is 10.1. The molecule has 0 bridgehead atoms. The van der Waals surface area contributed by atoms with Crippen molar-refractivity contribution in [2.24, 2.45) is 5.92 Å². The second kappa shape index (κ2) is 8.27. The summed E-state index contributed by atoms with van der Waals surface area (Å²) in [7, 11) is 2.08. The van der Waals surface area contributed by atoms with Gasteiger partial charge in [0.1, 0.15) is 11.6 Å². The molecule has 1 aromatic heterocycles. The van der Waals surface area contributed by atoms with Gasteiger partial charge in [0, 0.05) is 56.5 Å². The van der Waals surface area contributed by atoms with Crippen LogP contribution >= 0.6 is 0 Å². The summed E-state index contributed by atoms with van der Waals surface area (Å²) in [6.45, 7) is 8.61. The molecule has 5 nitrogen and oxygen atoms in total. The molecule has 1 aliphatic rings. The average Bonchev–Trinajstić information content (AvgIpc) is 2.60. The summed E-state index contributed by atoms with van der Waals surface area (Å²) in [6.07, 6.45) is 0. The van der Waals surface area contributed by atoms with E-state index in [1.54, 1.807) is 6.07 Å². The fraction of sp³-hybridized carbons (Fsp3) is 0.500. The van der Waals surface area contributed by atoms with E-state index in [-0.39, 0.29) is 17.0 Å². The van der Waals surface area contributed by atoms with Crippen LogP contribution in [0, 0.1) is 17.6 Å². The maximum atomic E-state index is 14.3. The molecule has 0 aliphatic carbocycles. The van der Waals surface area contributed by atoms with Crippen LogP contribution in [-0.4, -0.2) is 52.8 Å². The van der Waals surface area contributed by atoms with Gasteiger partial charge >= 0.3 is 0 Å². The number of likely N-dealkylation sites (N-methyl/N-ethyl adjacent to an activating group) is 1. The lowest BCUT2D eigenvalue weighted by Gasteiger charge is -2.32. The molecule has 0 saturated carbocycles. The van der Waals surface area contributed by atoms with Crippen LogP contribution in [0.2, 0.25) is 0 Å². The van der Waals surface area contributed by atoms with Crippen molar-refractivity contribution in [2.75, 3.05) is 33.2 Å². The van der Waals surface area contributed by atoms with Gasteiger partial charge in [0.2, 0.25) is 0 Å². The van der Waals surface area contributed by atoms with Crippen LogP contribution in [0.25, 0.3) is 11.3 Å². The topological polar surface area (TPSA) is 41.4 Å². The summed E-state index contributed by atoms with van der Waals surface area (Å²) < 4.78 is 29.0. The van der Waals surface area contributed by atoms with Crippen molar-refractivity contribution in [3.8, 4) is 11.3 Å². The Kier molecular flexibility index (Phi) is 6.01. The van der Waals surface area contributed by atoms with Crippen LogP contribution in [0.5, 0.6) is 0 Å². The number of aromatic nitrogens is 2. The minimum atomic E-state index is -0.678. The van der Waals surface area contributed by atoms with Crippen molar-refractivity contribution in [3.63, 3.8) is 0 Å². The van der Waals surface area contributed by atoms with Gasteiger partial charge in [0.15, 0.2) is 0 Å². The Morgan fingerprint density at radius 1 is 1.11 bits per heavy atom. The van der Waals surface area contributed by atoms with Gasteiger partial charge in [-0.1, -0.05) is 13.8 Å². The van der Waals surface area contributed by atoms with Crippen LogP contribution in [0.1, 0.15) is 19.4 Å². The highest BCUT2D eigenvalue weighted by atomic mass is 19.1. The number of piperazine rings is 1. The monoisotopic (exact) mass is 376 g/mol. The summed E-state index contributed by atoms with van der Waals surface area (Å²) >= 11 is 0. The third-order valence-electron chi connectivity index (χ3n) is 4.78. The quantitative estimate of drug-likeness (QED) is 0.804. The van der Waals surface area contributed by atoms with Crippen molar-refractivity contribution in [1.29, 1.82) is 0 Å². The number of rotatable bonds is 5. The van der Waals surface area contributed by atoms with Crippen molar-refractivity contribution in [1.82, 2.24) is 19.6 Å². The summed E-state index contributed by atoms with van der Waals surface area (Å²) in [5, 5.41) is 4.35. The van der Waals surface area contributed by atoms with Crippen molar-refractivity contribution < 1.29 is 8.78 Å². The first-order chi connectivity index (χ1) is 12.8. The molecule has 2 heterocycles. The maximum Gasteiger partial charge on any atom is 0.271 e. The lowest BCUT2D eigenvalue weighted by Crippen LogP contribution is -2.45. The molecule has 2 aromatic rings. The summed E-state index contributed by atoms with van der Waals surface area (Å²) in [5.74, 6) is -1.09. The predicted molar refractivity (Wildman–Crippen MR) is 101 cm³/mol. The van der Waals surface area contributed by atoms with Gasteiger partial charge in [-0.3, -0.25) is 9.69 Å². The number of hydrogen-bond donors (Lipinski definition) is 0. The SMILES string of the molecule is CC(C)Cn1nc(-c2ccc(F)cc2F)cc(CN2CCN(C)CC2)c1=O. The van der Waals surface area contributed by atoms with E-state index in [1.165, 1.54) is 16.8 Å². The molecule has 7 heteroatoms. The van der Waals surface area contributed by atoms with Gasteiger partial charge in [-0.05, 0) is 31.2 Å². The zero-order valence-corrected chi connectivity index (χ0v) is 16.1. The van der Waals surface area contributed by atoms with Gasteiger partial charge in [0.25, 0.3) is 5.56 Å². The van der Waals surface area contributed by atoms with E-state index in [1.807, 2.05) is 13.8 Å². The molecule has 0 radical (unpaired) electrons. The van der Waals surface area contributed by atoms with E-state index in [0.717, 1.165) is 32.2 Å². The Balaban J connectivity index is 1.99. The Morgan fingerprint density at radius 2 is 1.81 bits per heavy atom. The number of hydrogen-bond acceptors (Lipinski definition) is 4. The zero-order valence-electron chi connectivity index (χ0n) is 16.1. The van der Waals surface area contributed by atoms with Crippen LogP contribution < -0.4 is 5.56 Å². The second-order valence-electron chi connectivity index (χ2n) is 7.64. The molecule has 0 N–H and O–H groups in total. The highest BCUT2D eigenvalue weighted by molar-refractivity contribution is 5.60. The first kappa shape index (κ1) is 19.6. The van der Waals surface area contributed by atoms with Gasteiger partial charge in [-0.25, -0.2) is 13.5 Å². The lowest BCUT2D eigenvalue weighted by molar-refractivity contribution is 0.147. The highest BCUT2D eigenvalue weighted by Crippen LogP contribution is 2.22. The fourth-order valence-electron chi connectivity index (χ4n) is 3.26. The summed E-state index contributed by atoms with van der Waals surface area (Å²) in [5.41, 5.74) is 1.01.